The summed E-state index contributed by atoms with van der Waals surface area (Å²) in [6.07, 6.45) is -3.23. The molecule has 210 valence electrons. The Hall–Kier alpha value is -3.08. The van der Waals surface area contributed by atoms with E-state index in [-0.39, 0.29) is 28.0 Å². The molecule has 0 bridgehead atoms. The molecular weight excluding hydrogens is 577 g/mol. The van der Waals surface area contributed by atoms with E-state index in [1.165, 1.54) is 18.3 Å². The summed E-state index contributed by atoms with van der Waals surface area (Å²) in [6.45, 7) is 3.63. The van der Waals surface area contributed by atoms with Gasteiger partial charge in [0.2, 0.25) is 15.9 Å². The summed E-state index contributed by atoms with van der Waals surface area (Å²) in [7, 11) is -3.84. The lowest BCUT2D eigenvalue weighted by Crippen LogP contribution is -2.45. The predicted octanol–water partition coefficient (Wildman–Crippen LogP) is 3.85. The van der Waals surface area contributed by atoms with Crippen molar-refractivity contribution in [3.63, 3.8) is 0 Å². The smallest absolute Gasteiger partial charge is 0.368 e. The summed E-state index contributed by atoms with van der Waals surface area (Å²) in [5, 5.41) is 4.36. The lowest BCUT2D eigenvalue weighted by Gasteiger charge is -2.27. The summed E-state index contributed by atoms with van der Waals surface area (Å²) >= 11 is 2.07. The van der Waals surface area contributed by atoms with E-state index in [0.717, 1.165) is 41.4 Å². The Morgan fingerprint density at radius 1 is 1.23 bits per heavy atom. The normalized spacial score (nSPS) is 18.4. The van der Waals surface area contributed by atoms with Crippen LogP contribution >= 0.6 is 22.7 Å². The number of hydrogen-bond acceptors (Lipinski definition) is 8. The highest BCUT2D eigenvalue weighted by atomic mass is 32.2. The molecule has 1 aliphatic heterocycles. The first kappa shape index (κ1) is 28.9. The molecule has 3 aromatic heterocycles. The second-order valence-corrected chi connectivity index (χ2v) is 13.4. The average molecular weight is 603 g/mol. The number of hydrogen-bond donors (Lipinski definition) is 3. The number of carbonyl (C=O) groups excluding carboxylic acids is 2. The van der Waals surface area contributed by atoms with Crippen molar-refractivity contribution in [2.45, 2.75) is 55.1 Å². The fraction of sp³-hybridized carbons (Fsp3) is 0.391. The van der Waals surface area contributed by atoms with Gasteiger partial charge in [0.25, 0.3) is 0 Å². The zero-order valence-corrected chi connectivity index (χ0v) is 23.4. The molecule has 0 aromatic carbocycles. The van der Waals surface area contributed by atoms with Gasteiger partial charge in [0, 0.05) is 18.8 Å². The first-order valence-corrected chi connectivity index (χ1v) is 14.7. The largest absolute Gasteiger partial charge is 0.399 e. The summed E-state index contributed by atoms with van der Waals surface area (Å²) < 4.78 is 68.4. The molecule has 10 nitrogen and oxygen atoms in total. The highest BCUT2D eigenvalue weighted by Gasteiger charge is 2.49. The number of nitrogens with one attached hydrogen (secondary N) is 2. The molecule has 2 atom stereocenters. The lowest BCUT2D eigenvalue weighted by molar-refractivity contribution is -0.181. The Morgan fingerprint density at radius 2 is 1.95 bits per heavy atom. The van der Waals surface area contributed by atoms with E-state index in [2.05, 4.69) is 20.0 Å². The molecule has 3 amide bonds. The van der Waals surface area contributed by atoms with E-state index in [1.54, 1.807) is 24.4 Å². The van der Waals surface area contributed by atoms with Gasteiger partial charge in [0.05, 0.1) is 16.3 Å². The van der Waals surface area contributed by atoms with Crippen molar-refractivity contribution < 1.29 is 31.2 Å². The SMILES string of the molecule is Cc1nc(NC(=O)N2C[C@H](NS(=O)(=O)c3cccs3)C[C@H]2C(N)=O)sc1-c1ccnc(C(C)(C)C(F)(F)F)c1. The van der Waals surface area contributed by atoms with Crippen LogP contribution < -0.4 is 15.8 Å². The molecule has 4 heterocycles. The van der Waals surface area contributed by atoms with Crippen LogP contribution in [0.3, 0.4) is 0 Å². The molecule has 0 saturated carbocycles. The predicted molar refractivity (Wildman–Crippen MR) is 141 cm³/mol. The van der Waals surface area contributed by atoms with Crippen molar-refractivity contribution >= 4 is 49.8 Å². The van der Waals surface area contributed by atoms with Gasteiger partial charge >= 0.3 is 12.2 Å². The van der Waals surface area contributed by atoms with Crippen LogP contribution in [0, 0.1) is 6.92 Å². The number of nitrogens with zero attached hydrogens (tertiary/aromatic N) is 3. The Labute approximate surface area is 230 Å². The van der Waals surface area contributed by atoms with E-state index < -0.39 is 45.6 Å². The van der Waals surface area contributed by atoms with Crippen LogP contribution in [0.25, 0.3) is 10.4 Å². The molecule has 0 unspecified atom stereocenters. The standard InChI is InChI=1S/C23H25F3N6O4S3/c1-12-18(13-6-7-28-16(9-13)22(2,3)23(24,25)26)38-20(29-12)30-21(34)32-11-14(10-15(32)19(27)33)31-39(35,36)17-5-4-8-37-17/h4-9,14-15,31H,10-11H2,1-3H3,(H2,27,33)(H,29,30,34)/t14-,15+/m1/s1. The third-order valence-electron chi connectivity index (χ3n) is 6.35. The minimum absolute atomic E-state index is 0.00963. The number of thiazole rings is 1. The third-order valence-corrected chi connectivity index (χ3v) is 10.4. The molecule has 0 aliphatic carbocycles. The van der Waals surface area contributed by atoms with Crippen LogP contribution in [0.15, 0.2) is 40.1 Å². The molecule has 4 N–H and O–H groups in total. The maximum absolute atomic E-state index is 13.5. The summed E-state index contributed by atoms with van der Waals surface area (Å²) in [5.41, 5.74) is 4.06. The molecular formula is C23H25F3N6O4S3. The lowest BCUT2D eigenvalue weighted by atomic mass is 9.87. The van der Waals surface area contributed by atoms with Crippen LogP contribution in [-0.4, -0.2) is 60.0 Å². The number of aromatic nitrogens is 2. The third kappa shape index (κ3) is 5.92. The number of thiophene rings is 1. The Kier molecular flexibility index (Phi) is 7.77. The van der Waals surface area contributed by atoms with E-state index in [9.17, 15) is 31.2 Å². The number of primary amides is 1. The van der Waals surface area contributed by atoms with Crippen LogP contribution in [0.5, 0.6) is 0 Å². The topological polar surface area (TPSA) is 147 Å². The molecule has 3 aromatic rings. The van der Waals surface area contributed by atoms with Crippen molar-refractivity contribution in [1.29, 1.82) is 0 Å². The number of urea groups is 1. The number of pyridine rings is 1. The van der Waals surface area contributed by atoms with Gasteiger partial charge in [-0.15, -0.1) is 11.3 Å². The number of rotatable bonds is 7. The molecule has 1 fully saturated rings. The van der Waals surface area contributed by atoms with Gasteiger partial charge in [-0.3, -0.25) is 15.1 Å². The van der Waals surface area contributed by atoms with Gasteiger partial charge in [-0.1, -0.05) is 17.4 Å². The van der Waals surface area contributed by atoms with Gasteiger partial charge in [-0.05, 0) is 56.3 Å². The zero-order chi connectivity index (χ0) is 28.8. The molecule has 1 saturated heterocycles. The number of nitrogens with two attached hydrogens (primary N) is 1. The number of anilines is 1. The number of aryl methyl sites for hydroxylation is 1. The number of sulfonamides is 1. The Morgan fingerprint density at radius 3 is 2.56 bits per heavy atom. The zero-order valence-electron chi connectivity index (χ0n) is 20.9. The molecule has 4 rings (SSSR count). The van der Waals surface area contributed by atoms with Gasteiger partial charge in [-0.2, -0.15) is 13.2 Å². The average Bonchev–Trinajstić information content (AvgIpc) is 3.58. The first-order chi connectivity index (χ1) is 18.1. The second kappa shape index (κ2) is 10.5. The maximum atomic E-state index is 13.5. The van der Waals surface area contributed by atoms with Crippen molar-refractivity contribution in [2.24, 2.45) is 5.73 Å². The summed E-state index contributed by atoms with van der Waals surface area (Å²) in [5.74, 6) is -0.796. The van der Waals surface area contributed by atoms with E-state index in [1.807, 2.05) is 0 Å². The van der Waals surface area contributed by atoms with Crippen molar-refractivity contribution in [3.8, 4) is 10.4 Å². The van der Waals surface area contributed by atoms with Gasteiger partial charge < -0.3 is 10.6 Å². The van der Waals surface area contributed by atoms with E-state index in [4.69, 9.17) is 5.73 Å². The highest BCUT2D eigenvalue weighted by molar-refractivity contribution is 7.91. The van der Waals surface area contributed by atoms with Gasteiger partial charge in [0.1, 0.15) is 15.7 Å². The minimum atomic E-state index is -4.51. The van der Waals surface area contributed by atoms with E-state index in [0.29, 0.717) is 16.1 Å². The van der Waals surface area contributed by atoms with Crippen molar-refractivity contribution in [2.75, 3.05) is 11.9 Å². The molecule has 0 radical (unpaired) electrons. The Bertz CT molecular complexity index is 1490. The Balaban J connectivity index is 1.52. The van der Waals surface area contributed by atoms with Crippen LogP contribution in [0.2, 0.25) is 0 Å². The van der Waals surface area contributed by atoms with Crippen LogP contribution in [0.1, 0.15) is 31.7 Å². The molecule has 16 heteroatoms. The second-order valence-electron chi connectivity index (χ2n) is 9.47. The molecule has 1 aliphatic rings. The number of halogens is 3. The molecule has 39 heavy (non-hydrogen) atoms. The van der Waals surface area contributed by atoms with Crippen LogP contribution in [0.4, 0.5) is 23.1 Å². The first-order valence-electron chi connectivity index (χ1n) is 11.5. The summed E-state index contributed by atoms with van der Waals surface area (Å²) in [6, 6.07) is 3.40. The van der Waals surface area contributed by atoms with E-state index >= 15 is 0 Å². The van der Waals surface area contributed by atoms with Gasteiger partial charge in [-0.25, -0.2) is 22.9 Å². The number of carbonyl (C=O) groups is 2. The monoisotopic (exact) mass is 602 g/mol. The highest BCUT2D eigenvalue weighted by Crippen LogP contribution is 2.41. The van der Waals surface area contributed by atoms with Crippen molar-refractivity contribution in [1.82, 2.24) is 19.6 Å². The fourth-order valence-electron chi connectivity index (χ4n) is 4.05. The van der Waals surface area contributed by atoms with Crippen molar-refractivity contribution in [3.05, 3.63) is 47.2 Å². The molecule has 0 spiro atoms. The van der Waals surface area contributed by atoms with Gasteiger partial charge in [0.15, 0.2) is 5.13 Å². The number of likely N-dealkylation sites (tertiary alicyclic amines) is 1. The number of alkyl halides is 3. The quantitative estimate of drug-likeness (QED) is 0.374. The number of amides is 3. The maximum Gasteiger partial charge on any atom is 0.399 e. The van der Waals surface area contributed by atoms with Crippen LogP contribution in [-0.2, 0) is 20.2 Å². The minimum Gasteiger partial charge on any atom is -0.368 e. The fourth-order valence-corrected chi connectivity index (χ4v) is 7.25. The summed E-state index contributed by atoms with van der Waals surface area (Å²) in [4.78, 5) is 35.0.